The molecular formula is C29H22N2O3. The fourth-order valence-corrected chi connectivity index (χ4v) is 5.40. The number of amides is 3. The van der Waals surface area contributed by atoms with Crippen LogP contribution < -0.4 is 0 Å². The molecule has 3 atom stereocenters. The first kappa shape index (κ1) is 20.4. The largest absolute Gasteiger partial charge is 0.324 e. The number of rotatable bonds is 4. The predicted octanol–water partition coefficient (Wildman–Crippen LogP) is 5.15. The zero-order chi connectivity index (χ0) is 23.4. The molecule has 4 aromatic rings. The van der Waals surface area contributed by atoms with E-state index in [4.69, 9.17) is 0 Å². The van der Waals surface area contributed by atoms with E-state index in [1.54, 1.807) is 24.3 Å². The summed E-state index contributed by atoms with van der Waals surface area (Å²) >= 11 is 0. The lowest BCUT2D eigenvalue weighted by Crippen LogP contribution is -2.67. The zero-order valence-corrected chi connectivity index (χ0v) is 18.6. The van der Waals surface area contributed by atoms with Crippen molar-refractivity contribution in [2.45, 2.75) is 25.0 Å². The summed E-state index contributed by atoms with van der Waals surface area (Å²) in [5.74, 6) is -1.03. The Hall–Kier alpha value is -4.25. The first-order chi connectivity index (χ1) is 16.6. The molecule has 2 aliphatic rings. The van der Waals surface area contributed by atoms with Crippen molar-refractivity contribution >= 4 is 28.5 Å². The van der Waals surface area contributed by atoms with Crippen LogP contribution in [0.3, 0.4) is 0 Å². The van der Waals surface area contributed by atoms with Crippen molar-refractivity contribution in [2.24, 2.45) is 0 Å². The van der Waals surface area contributed by atoms with E-state index in [1.165, 1.54) is 0 Å². The molecule has 166 valence electrons. The number of imide groups is 1. The molecule has 0 aliphatic carbocycles. The summed E-state index contributed by atoms with van der Waals surface area (Å²) in [5, 5.41) is 2.19. The molecule has 0 saturated carbocycles. The molecule has 0 N–H and O–H groups in total. The van der Waals surface area contributed by atoms with Crippen molar-refractivity contribution in [3.8, 4) is 0 Å². The molecule has 2 aliphatic heterocycles. The number of likely N-dealkylation sites (tertiary alicyclic amines) is 1. The number of β-lactam (4-membered cyclic amide) rings is 1. The standard InChI is InChI=1S/C29H22N2O3/c1-18(21-17-9-13-19-10-5-6-14-22(19)21)30-25(20-11-3-2-4-12-20)26(29(30)34)31-27(32)23-15-7-8-16-24(23)28(31)33/h2-18,25-26H,1H3/t18-,25+,26-/m0/s1. The predicted molar refractivity (Wildman–Crippen MR) is 129 cm³/mol. The SMILES string of the molecule is C[C@@H](c1cccc2ccccc12)N1C(=O)[C@@H](N2C(=O)c3ccccc3C2=O)[C@H]1c1ccccc1. The number of benzene rings is 4. The monoisotopic (exact) mass is 446 g/mol. The van der Waals surface area contributed by atoms with Crippen LogP contribution in [0.1, 0.15) is 50.9 Å². The number of carbonyl (C=O) groups excluding carboxylic acids is 3. The fraction of sp³-hybridized carbons (Fsp3) is 0.138. The van der Waals surface area contributed by atoms with Crippen molar-refractivity contribution in [2.75, 3.05) is 0 Å². The summed E-state index contributed by atoms with van der Waals surface area (Å²) in [6, 6.07) is 29.1. The van der Waals surface area contributed by atoms with Crippen molar-refractivity contribution in [1.29, 1.82) is 0 Å². The lowest BCUT2D eigenvalue weighted by atomic mass is 9.83. The van der Waals surface area contributed by atoms with Gasteiger partial charge in [-0.3, -0.25) is 19.3 Å². The van der Waals surface area contributed by atoms with E-state index in [1.807, 2.05) is 66.4 Å². The maximum absolute atomic E-state index is 13.7. The second kappa shape index (κ2) is 7.66. The van der Waals surface area contributed by atoms with Gasteiger partial charge in [0.15, 0.2) is 0 Å². The molecule has 3 amide bonds. The van der Waals surface area contributed by atoms with Gasteiger partial charge in [-0.2, -0.15) is 0 Å². The van der Waals surface area contributed by atoms with Gasteiger partial charge in [0.1, 0.15) is 6.04 Å². The van der Waals surface area contributed by atoms with Crippen LogP contribution in [0.15, 0.2) is 97.1 Å². The highest BCUT2D eigenvalue weighted by molar-refractivity contribution is 6.23. The van der Waals surface area contributed by atoms with Crippen LogP contribution in [0.2, 0.25) is 0 Å². The van der Waals surface area contributed by atoms with Gasteiger partial charge in [0.05, 0.1) is 23.2 Å². The number of nitrogens with zero attached hydrogens (tertiary/aromatic N) is 2. The van der Waals surface area contributed by atoms with Gasteiger partial charge >= 0.3 is 0 Å². The highest BCUT2D eigenvalue weighted by Crippen LogP contribution is 2.46. The summed E-state index contributed by atoms with van der Waals surface area (Å²) in [6.07, 6.45) is 0. The quantitative estimate of drug-likeness (QED) is 0.322. The normalized spacial score (nSPS) is 20.4. The third-order valence-corrected chi connectivity index (χ3v) is 7.04. The van der Waals surface area contributed by atoms with Crippen molar-refractivity contribution < 1.29 is 14.4 Å². The third kappa shape index (κ3) is 2.83. The molecule has 5 heteroatoms. The average molecular weight is 447 g/mol. The van der Waals surface area contributed by atoms with E-state index in [0.29, 0.717) is 11.1 Å². The minimum Gasteiger partial charge on any atom is -0.324 e. The van der Waals surface area contributed by atoms with E-state index < -0.39 is 23.9 Å². The van der Waals surface area contributed by atoms with Crippen molar-refractivity contribution in [3.63, 3.8) is 0 Å². The van der Waals surface area contributed by atoms with Gasteiger partial charge in [0.25, 0.3) is 11.8 Å². The van der Waals surface area contributed by atoms with Gasteiger partial charge in [-0.05, 0) is 41.0 Å². The molecule has 0 unspecified atom stereocenters. The molecule has 0 aromatic heterocycles. The summed E-state index contributed by atoms with van der Waals surface area (Å²) in [4.78, 5) is 43.1. The maximum atomic E-state index is 13.7. The van der Waals surface area contributed by atoms with Crippen LogP contribution in [-0.2, 0) is 4.79 Å². The van der Waals surface area contributed by atoms with Crippen LogP contribution in [0.25, 0.3) is 10.8 Å². The molecular weight excluding hydrogens is 424 g/mol. The number of hydrogen-bond donors (Lipinski definition) is 0. The zero-order valence-electron chi connectivity index (χ0n) is 18.6. The molecule has 4 aromatic carbocycles. The molecule has 2 heterocycles. The van der Waals surface area contributed by atoms with Gasteiger partial charge in [-0.1, -0.05) is 84.9 Å². The van der Waals surface area contributed by atoms with Crippen LogP contribution in [0.4, 0.5) is 0 Å². The maximum Gasteiger partial charge on any atom is 0.262 e. The van der Waals surface area contributed by atoms with Crippen LogP contribution in [-0.4, -0.2) is 33.6 Å². The highest BCUT2D eigenvalue weighted by Gasteiger charge is 2.58. The Kier molecular flexibility index (Phi) is 4.59. The summed E-state index contributed by atoms with van der Waals surface area (Å²) in [5.41, 5.74) is 2.64. The highest BCUT2D eigenvalue weighted by atomic mass is 16.2. The summed E-state index contributed by atoms with van der Waals surface area (Å²) in [7, 11) is 0. The minimum absolute atomic E-state index is 0.219. The van der Waals surface area contributed by atoms with E-state index in [2.05, 4.69) is 18.2 Å². The van der Waals surface area contributed by atoms with Gasteiger partial charge in [-0.15, -0.1) is 0 Å². The van der Waals surface area contributed by atoms with E-state index in [-0.39, 0.29) is 11.9 Å². The van der Waals surface area contributed by atoms with E-state index in [9.17, 15) is 14.4 Å². The second-order valence-electron chi connectivity index (χ2n) is 8.82. The van der Waals surface area contributed by atoms with Gasteiger partial charge in [-0.25, -0.2) is 0 Å². The summed E-state index contributed by atoms with van der Waals surface area (Å²) in [6.45, 7) is 2.01. The smallest absolute Gasteiger partial charge is 0.262 e. The van der Waals surface area contributed by atoms with Gasteiger partial charge < -0.3 is 4.90 Å². The Bertz CT molecular complexity index is 1420. The molecule has 5 nitrogen and oxygen atoms in total. The molecule has 1 saturated heterocycles. The Balaban J connectivity index is 1.43. The Morgan fingerprint density at radius 2 is 1.24 bits per heavy atom. The first-order valence-corrected chi connectivity index (χ1v) is 11.4. The van der Waals surface area contributed by atoms with Crippen LogP contribution in [0.5, 0.6) is 0 Å². The molecule has 0 spiro atoms. The number of carbonyl (C=O) groups is 3. The topological polar surface area (TPSA) is 57.7 Å². The number of fused-ring (bicyclic) bond motifs is 2. The molecule has 34 heavy (non-hydrogen) atoms. The lowest BCUT2D eigenvalue weighted by molar-refractivity contribution is -0.160. The second-order valence-corrected chi connectivity index (χ2v) is 8.82. The average Bonchev–Trinajstić information content (AvgIpc) is 3.12. The fourth-order valence-electron chi connectivity index (χ4n) is 5.40. The van der Waals surface area contributed by atoms with E-state index in [0.717, 1.165) is 26.8 Å². The Morgan fingerprint density at radius 1 is 0.647 bits per heavy atom. The Morgan fingerprint density at radius 3 is 1.94 bits per heavy atom. The van der Waals surface area contributed by atoms with Gasteiger partial charge in [0.2, 0.25) is 5.91 Å². The van der Waals surface area contributed by atoms with Crippen molar-refractivity contribution in [3.05, 3.63) is 119 Å². The lowest BCUT2D eigenvalue weighted by Gasteiger charge is -2.52. The summed E-state index contributed by atoms with van der Waals surface area (Å²) < 4.78 is 0. The van der Waals surface area contributed by atoms with Gasteiger partial charge in [0, 0.05) is 0 Å². The van der Waals surface area contributed by atoms with Crippen LogP contribution in [0, 0.1) is 0 Å². The van der Waals surface area contributed by atoms with Crippen LogP contribution >= 0.6 is 0 Å². The molecule has 6 rings (SSSR count). The molecule has 0 radical (unpaired) electrons. The van der Waals surface area contributed by atoms with E-state index >= 15 is 0 Å². The molecule has 0 bridgehead atoms. The minimum atomic E-state index is -0.868. The first-order valence-electron chi connectivity index (χ1n) is 11.4. The third-order valence-electron chi connectivity index (χ3n) is 7.04. The molecule has 1 fully saturated rings. The van der Waals surface area contributed by atoms with Crippen molar-refractivity contribution in [1.82, 2.24) is 9.80 Å². The Labute approximate surface area is 197 Å². The number of hydrogen-bond acceptors (Lipinski definition) is 3.